The fraction of sp³-hybridized carbons (Fsp3) is 0.600. The Hall–Kier alpha value is -3.28. The predicted octanol–water partition coefficient (Wildman–Crippen LogP) is 10.4. The Bertz CT molecular complexity index is 1270. The van der Waals surface area contributed by atoms with Crippen LogP contribution in [0.3, 0.4) is 0 Å². The number of allylic oxidation sites excluding steroid dienone is 2. The summed E-state index contributed by atoms with van der Waals surface area (Å²) in [6.45, 7) is 10.2. The van der Waals surface area contributed by atoms with Gasteiger partial charge in [0.05, 0.1) is 11.1 Å². The third-order valence-corrected chi connectivity index (χ3v) is 8.99. The van der Waals surface area contributed by atoms with E-state index in [1.54, 1.807) is 13.8 Å². The predicted molar refractivity (Wildman–Crippen MR) is 196 cm³/mol. The molecule has 0 fully saturated rings. The fourth-order valence-electron chi connectivity index (χ4n) is 6.34. The summed E-state index contributed by atoms with van der Waals surface area (Å²) < 4.78 is 2.15. The standard InChI is InChI=1S/C40H63N3O3/c1-8-9-10-11-12-13-14-15-16-17-18-19-20-21-22-26-29-41-39(44)38(37(31(2)3)40(45)46)32(4)35-30-36(42(6)7)43(33(35)5)34-27-24-23-25-28-34/h23-25,27-28,30H,8-22,26,29H2,1-7H3,(H,41,44)(H,45,46). The van der Waals surface area contributed by atoms with Crippen LogP contribution in [-0.4, -0.2) is 42.2 Å². The number of anilines is 1. The molecule has 46 heavy (non-hydrogen) atoms. The third-order valence-electron chi connectivity index (χ3n) is 8.99. The Kier molecular flexibility index (Phi) is 18.2. The van der Waals surface area contributed by atoms with Crippen molar-refractivity contribution < 1.29 is 14.7 Å². The van der Waals surface area contributed by atoms with Crippen LogP contribution in [0, 0.1) is 6.92 Å². The first-order valence-electron chi connectivity index (χ1n) is 18.0. The second kappa shape index (κ2) is 21.5. The highest BCUT2D eigenvalue weighted by Crippen LogP contribution is 2.34. The molecule has 0 atom stereocenters. The Balaban J connectivity index is 1.94. The van der Waals surface area contributed by atoms with E-state index < -0.39 is 5.97 Å². The smallest absolute Gasteiger partial charge is 0.336 e. The van der Waals surface area contributed by atoms with E-state index in [2.05, 4.69) is 16.8 Å². The zero-order valence-corrected chi connectivity index (χ0v) is 30.1. The Morgan fingerprint density at radius 3 is 1.65 bits per heavy atom. The van der Waals surface area contributed by atoms with Crippen LogP contribution in [0.15, 0.2) is 53.1 Å². The number of carboxylic acids is 1. The van der Waals surface area contributed by atoms with Gasteiger partial charge in [0.15, 0.2) is 0 Å². The summed E-state index contributed by atoms with van der Waals surface area (Å²) in [7, 11) is 3.98. The minimum absolute atomic E-state index is 0.0697. The molecule has 256 valence electrons. The number of nitrogens with one attached hydrogen (secondary N) is 1. The van der Waals surface area contributed by atoms with Crippen molar-refractivity contribution in [3.8, 4) is 5.69 Å². The molecule has 6 nitrogen and oxygen atoms in total. The Labute approximate surface area is 280 Å². The fourth-order valence-corrected chi connectivity index (χ4v) is 6.34. The van der Waals surface area contributed by atoms with Gasteiger partial charge < -0.3 is 19.9 Å². The van der Waals surface area contributed by atoms with Gasteiger partial charge in [-0.1, -0.05) is 127 Å². The number of carbonyl (C=O) groups excluding carboxylic acids is 1. The number of hydrogen-bond acceptors (Lipinski definition) is 3. The molecule has 1 aromatic heterocycles. The van der Waals surface area contributed by atoms with Crippen LogP contribution in [0.1, 0.15) is 142 Å². The van der Waals surface area contributed by atoms with Gasteiger partial charge in [0, 0.05) is 37.6 Å². The van der Waals surface area contributed by atoms with Crippen LogP contribution in [-0.2, 0) is 9.59 Å². The average molecular weight is 634 g/mol. The Morgan fingerprint density at radius 1 is 0.739 bits per heavy atom. The number of hydrogen-bond donors (Lipinski definition) is 2. The van der Waals surface area contributed by atoms with Gasteiger partial charge >= 0.3 is 5.97 Å². The first kappa shape index (κ1) is 38.9. The Morgan fingerprint density at radius 2 is 1.22 bits per heavy atom. The molecule has 1 heterocycles. The molecule has 1 amide bonds. The molecule has 2 aromatic rings. The minimum atomic E-state index is -1.08. The van der Waals surface area contributed by atoms with Gasteiger partial charge in [0.2, 0.25) is 0 Å². The van der Waals surface area contributed by atoms with Crippen LogP contribution >= 0.6 is 0 Å². The van der Waals surface area contributed by atoms with E-state index in [0.29, 0.717) is 17.7 Å². The molecule has 0 radical (unpaired) electrons. The van der Waals surface area contributed by atoms with Crippen LogP contribution in [0.4, 0.5) is 5.82 Å². The second-order valence-electron chi connectivity index (χ2n) is 13.3. The van der Waals surface area contributed by atoms with Crippen molar-refractivity contribution >= 4 is 23.3 Å². The summed E-state index contributed by atoms with van der Waals surface area (Å²) in [6, 6.07) is 12.1. The summed E-state index contributed by atoms with van der Waals surface area (Å²) >= 11 is 0. The molecule has 1 aromatic carbocycles. The second-order valence-corrected chi connectivity index (χ2v) is 13.3. The first-order chi connectivity index (χ1) is 22.1. The number of nitrogens with zero attached hydrogens (tertiary/aromatic N) is 2. The van der Waals surface area contributed by atoms with Crippen molar-refractivity contribution in [2.75, 3.05) is 25.5 Å². The van der Waals surface area contributed by atoms with Crippen molar-refractivity contribution in [1.82, 2.24) is 9.88 Å². The largest absolute Gasteiger partial charge is 0.478 e. The van der Waals surface area contributed by atoms with E-state index in [-0.39, 0.29) is 17.1 Å². The molecule has 2 N–H and O–H groups in total. The topological polar surface area (TPSA) is 74.6 Å². The molecule has 0 spiro atoms. The molecule has 6 heteroatoms. The number of unbranched alkanes of at least 4 members (excludes halogenated alkanes) is 15. The number of carboxylic acid groups (broad SMARTS) is 1. The lowest BCUT2D eigenvalue weighted by Gasteiger charge is -2.18. The van der Waals surface area contributed by atoms with Gasteiger partial charge in [-0.2, -0.15) is 0 Å². The number of para-hydroxylation sites is 1. The highest BCUT2D eigenvalue weighted by Gasteiger charge is 2.27. The van der Waals surface area contributed by atoms with Crippen molar-refractivity contribution in [2.45, 2.75) is 137 Å². The van der Waals surface area contributed by atoms with E-state index in [0.717, 1.165) is 35.6 Å². The molecule has 0 aliphatic carbocycles. The number of amides is 1. The van der Waals surface area contributed by atoms with E-state index >= 15 is 0 Å². The molecule has 0 unspecified atom stereocenters. The molecule has 0 saturated heterocycles. The zero-order chi connectivity index (χ0) is 33.9. The number of aromatic nitrogens is 1. The molecular formula is C40H63N3O3. The van der Waals surface area contributed by atoms with E-state index in [9.17, 15) is 14.7 Å². The SMILES string of the molecule is CCCCCCCCCCCCCCCCCCNC(=O)C(C(C(=O)O)=C(C)C)=C(C)c1cc(N(C)C)n(-c2ccccc2)c1C. The van der Waals surface area contributed by atoms with Crippen LogP contribution < -0.4 is 10.2 Å². The van der Waals surface area contributed by atoms with Crippen LogP contribution in [0.25, 0.3) is 11.3 Å². The lowest BCUT2D eigenvalue weighted by Crippen LogP contribution is -2.29. The molecule has 0 aliphatic heterocycles. The average Bonchev–Trinajstić information content (AvgIpc) is 3.38. The van der Waals surface area contributed by atoms with Crippen LogP contribution in [0.2, 0.25) is 0 Å². The molecule has 0 bridgehead atoms. The summed E-state index contributed by atoms with van der Waals surface area (Å²) in [5, 5.41) is 13.2. The normalized spacial score (nSPS) is 11.7. The quantitative estimate of drug-likeness (QED) is 0.0725. The first-order valence-corrected chi connectivity index (χ1v) is 18.0. The maximum absolute atomic E-state index is 13.7. The molecular weight excluding hydrogens is 570 g/mol. The summed E-state index contributed by atoms with van der Waals surface area (Å²) in [4.78, 5) is 28.2. The van der Waals surface area contributed by atoms with Crippen molar-refractivity contribution in [1.29, 1.82) is 0 Å². The van der Waals surface area contributed by atoms with Gasteiger partial charge in [-0.15, -0.1) is 0 Å². The number of aliphatic carboxylic acids is 1. The lowest BCUT2D eigenvalue weighted by atomic mass is 9.92. The summed E-state index contributed by atoms with van der Waals surface area (Å²) in [6.07, 6.45) is 20.8. The number of rotatable bonds is 23. The number of benzene rings is 1. The van der Waals surface area contributed by atoms with Gasteiger partial charge in [-0.3, -0.25) is 4.79 Å². The van der Waals surface area contributed by atoms with E-state index in [4.69, 9.17) is 0 Å². The van der Waals surface area contributed by atoms with Crippen molar-refractivity contribution in [3.05, 3.63) is 64.4 Å². The highest BCUT2D eigenvalue weighted by molar-refractivity contribution is 6.14. The monoisotopic (exact) mass is 633 g/mol. The van der Waals surface area contributed by atoms with Crippen molar-refractivity contribution in [3.63, 3.8) is 0 Å². The third kappa shape index (κ3) is 12.5. The van der Waals surface area contributed by atoms with Gasteiger partial charge in [-0.25, -0.2) is 4.79 Å². The molecule has 2 rings (SSSR count). The van der Waals surface area contributed by atoms with Gasteiger partial charge in [0.25, 0.3) is 5.91 Å². The molecule has 0 aliphatic rings. The summed E-state index contributed by atoms with van der Waals surface area (Å²) in [5.74, 6) is -0.449. The maximum atomic E-state index is 13.7. The zero-order valence-electron chi connectivity index (χ0n) is 30.1. The maximum Gasteiger partial charge on any atom is 0.336 e. The van der Waals surface area contributed by atoms with E-state index in [1.165, 1.54) is 89.9 Å². The van der Waals surface area contributed by atoms with E-state index in [1.807, 2.05) is 69.2 Å². The number of carbonyl (C=O) groups is 2. The van der Waals surface area contributed by atoms with Gasteiger partial charge in [0.1, 0.15) is 5.82 Å². The summed E-state index contributed by atoms with van der Waals surface area (Å²) in [5.41, 5.74) is 4.40. The van der Waals surface area contributed by atoms with Gasteiger partial charge in [-0.05, 0) is 57.9 Å². The lowest BCUT2D eigenvalue weighted by molar-refractivity contribution is -0.133. The van der Waals surface area contributed by atoms with Crippen molar-refractivity contribution in [2.24, 2.45) is 0 Å². The highest BCUT2D eigenvalue weighted by atomic mass is 16.4. The van der Waals surface area contributed by atoms with Crippen LogP contribution in [0.5, 0.6) is 0 Å². The molecule has 0 saturated carbocycles. The minimum Gasteiger partial charge on any atom is -0.478 e.